The van der Waals surface area contributed by atoms with Gasteiger partial charge >= 0.3 is 0 Å². The van der Waals surface area contributed by atoms with Crippen molar-refractivity contribution in [1.29, 1.82) is 0 Å². The third kappa shape index (κ3) is 2.94. The summed E-state index contributed by atoms with van der Waals surface area (Å²) >= 11 is 0. The van der Waals surface area contributed by atoms with Crippen LogP contribution in [-0.4, -0.2) is 37.1 Å². The zero-order valence-electron chi connectivity index (χ0n) is 10.3. The van der Waals surface area contributed by atoms with E-state index in [2.05, 4.69) is 6.92 Å². The molecule has 1 aliphatic carbocycles. The fourth-order valence-corrected chi connectivity index (χ4v) is 2.42. The molecule has 15 heavy (non-hydrogen) atoms. The van der Waals surface area contributed by atoms with Gasteiger partial charge in [0.25, 0.3) is 5.91 Å². The number of ether oxygens (including phenoxy) is 1. The fraction of sp³-hybridized carbons (Fsp3) is 0.917. The first-order chi connectivity index (χ1) is 7.07. The van der Waals surface area contributed by atoms with Crippen LogP contribution in [0.3, 0.4) is 0 Å². The predicted octanol–water partition coefficient (Wildman–Crippen LogP) is 2.06. The number of carbonyl (C=O) groups excluding carboxylic acids is 1. The number of methoxy groups -OCH3 is 1. The summed E-state index contributed by atoms with van der Waals surface area (Å²) in [6.07, 6.45) is 4.61. The molecule has 0 radical (unpaired) electrons. The number of nitrogens with zero attached hydrogens (tertiary/aromatic N) is 1. The smallest absolute Gasteiger partial charge is 0.251 e. The van der Waals surface area contributed by atoms with Gasteiger partial charge in [0.2, 0.25) is 0 Å². The first kappa shape index (κ1) is 12.5. The third-order valence-electron chi connectivity index (χ3n) is 3.61. The van der Waals surface area contributed by atoms with Gasteiger partial charge in [0.1, 0.15) is 6.10 Å². The Morgan fingerprint density at radius 3 is 2.53 bits per heavy atom. The van der Waals surface area contributed by atoms with Crippen LogP contribution in [0.5, 0.6) is 0 Å². The number of rotatable bonds is 3. The van der Waals surface area contributed by atoms with E-state index in [4.69, 9.17) is 4.74 Å². The van der Waals surface area contributed by atoms with Crippen LogP contribution in [-0.2, 0) is 9.53 Å². The Morgan fingerprint density at radius 2 is 2.00 bits per heavy atom. The highest BCUT2D eigenvalue weighted by atomic mass is 16.5. The lowest BCUT2D eigenvalue weighted by Gasteiger charge is -2.37. The molecule has 0 N–H and O–H groups in total. The maximum atomic E-state index is 11.9. The minimum Gasteiger partial charge on any atom is -0.372 e. The van der Waals surface area contributed by atoms with Gasteiger partial charge in [-0.2, -0.15) is 0 Å². The van der Waals surface area contributed by atoms with Crippen molar-refractivity contribution in [1.82, 2.24) is 4.90 Å². The van der Waals surface area contributed by atoms with Crippen LogP contribution in [0.4, 0.5) is 0 Å². The minimum atomic E-state index is -0.316. The zero-order chi connectivity index (χ0) is 11.4. The van der Waals surface area contributed by atoms with Crippen LogP contribution in [0.25, 0.3) is 0 Å². The van der Waals surface area contributed by atoms with E-state index < -0.39 is 0 Å². The van der Waals surface area contributed by atoms with Gasteiger partial charge in [-0.05, 0) is 25.7 Å². The average molecular weight is 213 g/mol. The van der Waals surface area contributed by atoms with Gasteiger partial charge in [-0.15, -0.1) is 0 Å². The molecular formula is C12H23NO2. The molecule has 3 unspecified atom stereocenters. The SMILES string of the molecule is COC(C)C(=O)N(C)C1CCCCC1C. The maximum Gasteiger partial charge on any atom is 0.251 e. The summed E-state index contributed by atoms with van der Waals surface area (Å²) in [6.45, 7) is 4.05. The highest BCUT2D eigenvalue weighted by Gasteiger charge is 2.29. The quantitative estimate of drug-likeness (QED) is 0.718. The Bertz CT molecular complexity index is 218. The highest BCUT2D eigenvalue weighted by molar-refractivity contribution is 5.80. The molecule has 3 nitrogen and oxygen atoms in total. The number of hydrogen-bond acceptors (Lipinski definition) is 2. The summed E-state index contributed by atoms with van der Waals surface area (Å²) in [5.41, 5.74) is 0. The van der Waals surface area contributed by atoms with Crippen molar-refractivity contribution in [3.8, 4) is 0 Å². The number of carbonyl (C=O) groups is 1. The van der Waals surface area contributed by atoms with E-state index >= 15 is 0 Å². The summed E-state index contributed by atoms with van der Waals surface area (Å²) in [5, 5.41) is 0. The molecule has 0 aromatic carbocycles. The molecule has 0 spiro atoms. The third-order valence-corrected chi connectivity index (χ3v) is 3.61. The molecule has 0 aromatic rings. The summed E-state index contributed by atoms with van der Waals surface area (Å²) in [6, 6.07) is 0.406. The first-order valence-corrected chi connectivity index (χ1v) is 5.87. The van der Waals surface area contributed by atoms with Crippen LogP contribution in [0, 0.1) is 5.92 Å². The van der Waals surface area contributed by atoms with Gasteiger partial charge in [-0.1, -0.05) is 19.8 Å². The standard InChI is InChI=1S/C12H23NO2/c1-9-7-5-6-8-11(9)13(3)12(14)10(2)15-4/h9-11H,5-8H2,1-4H3. The van der Waals surface area contributed by atoms with Gasteiger partial charge in [0.15, 0.2) is 0 Å². The molecule has 1 aliphatic rings. The second kappa shape index (κ2) is 5.50. The molecule has 88 valence electrons. The van der Waals surface area contributed by atoms with Crippen molar-refractivity contribution < 1.29 is 9.53 Å². The number of hydrogen-bond donors (Lipinski definition) is 0. The van der Waals surface area contributed by atoms with E-state index in [0.29, 0.717) is 12.0 Å². The normalized spacial score (nSPS) is 28.5. The molecule has 0 heterocycles. The molecule has 3 atom stereocenters. The van der Waals surface area contributed by atoms with Crippen molar-refractivity contribution in [2.75, 3.05) is 14.2 Å². The molecular weight excluding hydrogens is 190 g/mol. The Balaban J connectivity index is 2.57. The monoisotopic (exact) mass is 213 g/mol. The predicted molar refractivity (Wildman–Crippen MR) is 60.7 cm³/mol. The van der Waals surface area contributed by atoms with E-state index in [-0.39, 0.29) is 12.0 Å². The molecule has 1 saturated carbocycles. The van der Waals surface area contributed by atoms with E-state index in [9.17, 15) is 4.79 Å². The first-order valence-electron chi connectivity index (χ1n) is 5.87. The Labute approximate surface area is 92.8 Å². The van der Waals surface area contributed by atoms with E-state index in [1.807, 2.05) is 18.9 Å². The van der Waals surface area contributed by atoms with Gasteiger partial charge in [0, 0.05) is 20.2 Å². The summed E-state index contributed by atoms with van der Waals surface area (Å²) in [7, 11) is 3.49. The highest BCUT2D eigenvalue weighted by Crippen LogP contribution is 2.27. The second-order valence-corrected chi connectivity index (χ2v) is 4.66. The lowest BCUT2D eigenvalue weighted by Crippen LogP contribution is -2.46. The molecule has 1 rings (SSSR count). The summed E-state index contributed by atoms with van der Waals surface area (Å²) < 4.78 is 5.07. The van der Waals surface area contributed by atoms with Crippen LogP contribution in [0.2, 0.25) is 0 Å². The maximum absolute atomic E-state index is 11.9. The molecule has 1 fully saturated rings. The Hall–Kier alpha value is -0.570. The second-order valence-electron chi connectivity index (χ2n) is 4.66. The molecule has 0 aliphatic heterocycles. The molecule has 0 bridgehead atoms. The lowest BCUT2D eigenvalue weighted by molar-refractivity contribution is -0.143. The minimum absolute atomic E-state index is 0.108. The fourth-order valence-electron chi connectivity index (χ4n) is 2.42. The van der Waals surface area contributed by atoms with Crippen molar-refractivity contribution >= 4 is 5.91 Å². The van der Waals surface area contributed by atoms with Gasteiger partial charge in [-0.3, -0.25) is 4.79 Å². The molecule has 1 amide bonds. The Morgan fingerprint density at radius 1 is 1.40 bits per heavy atom. The van der Waals surface area contributed by atoms with Gasteiger partial charge < -0.3 is 9.64 Å². The van der Waals surface area contributed by atoms with Gasteiger partial charge in [-0.25, -0.2) is 0 Å². The van der Waals surface area contributed by atoms with E-state index in [1.54, 1.807) is 7.11 Å². The zero-order valence-corrected chi connectivity index (χ0v) is 10.3. The lowest BCUT2D eigenvalue weighted by atomic mass is 9.85. The van der Waals surface area contributed by atoms with Crippen molar-refractivity contribution in [3.63, 3.8) is 0 Å². The summed E-state index contributed by atoms with van der Waals surface area (Å²) in [5.74, 6) is 0.730. The number of amides is 1. The van der Waals surface area contributed by atoms with E-state index in [1.165, 1.54) is 19.3 Å². The van der Waals surface area contributed by atoms with Crippen molar-refractivity contribution in [3.05, 3.63) is 0 Å². The molecule has 0 saturated heterocycles. The largest absolute Gasteiger partial charge is 0.372 e. The molecule has 3 heteroatoms. The van der Waals surface area contributed by atoms with E-state index in [0.717, 1.165) is 6.42 Å². The number of likely N-dealkylation sites (N-methyl/N-ethyl adjacent to an activating group) is 1. The van der Waals surface area contributed by atoms with Crippen molar-refractivity contribution in [2.24, 2.45) is 5.92 Å². The average Bonchev–Trinajstić information content (AvgIpc) is 2.26. The van der Waals surface area contributed by atoms with Crippen LogP contribution < -0.4 is 0 Å². The van der Waals surface area contributed by atoms with Gasteiger partial charge in [0.05, 0.1) is 0 Å². The Kier molecular flexibility index (Phi) is 4.58. The summed E-state index contributed by atoms with van der Waals surface area (Å²) in [4.78, 5) is 13.8. The topological polar surface area (TPSA) is 29.5 Å². The molecule has 0 aromatic heterocycles. The van der Waals surface area contributed by atoms with Crippen LogP contribution in [0.1, 0.15) is 39.5 Å². The van der Waals surface area contributed by atoms with Crippen LogP contribution in [0.15, 0.2) is 0 Å². The van der Waals surface area contributed by atoms with Crippen LogP contribution >= 0.6 is 0 Å². The van der Waals surface area contributed by atoms with Crippen molar-refractivity contribution in [2.45, 2.75) is 51.7 Å².